The molecule has 0 amide bonds. The van der Waals surface area contributed by atoms with Crippen molar-refractivity contribution in [2.75, 3.05) is 5.73 Å². The Morgan fingerprint density at radius 1 is 1.00 bits per heavy atom. The summed E-state index contributed by atoms with van der Waals surface area (Å²) in [5, 5.41) is 7.91. The quantitative estimate of drug-likeness (QED) is 0.715. The van der Waals surface area contributed by atoms with Crippen LogP contribution in [0.4, 0.5) is 10.1 Å². The van der Waals surface area contributed by atoms with Crippen molar-refractivity contribution in [3.05, 3.63) is 60.7 Å². The topological polar surface area (TPSA) is 56.7 Å². The first kappa shape index (κ1) is 11.4. The van der Waals surface area contributed by atoms with Crippen molar-refractivity contribution in [1.82, 2.24) is 14.8 Å². The molecule has 5 heteroatoms. The molecule has 4 nitrogen and oxygen atoms in total. The van der Waals surface area contributed by atoms with E-state index in [1.807, 2.05) is 30.3 Å². The van der Waals surface area contributed by atoms with E-state index < -0.39 is 5.82 Å². The van der Waals surface area contributed by atoms with Crippen LogP contribution >= 0.6 is 0 Å². The molecule has 0 aliphatic rings. The molecule has 3 aromatic rings. The average Bonchev–Trinajstić information content (AvgIpc) is 2.92. The van der Waals surface area contributed by atoms with Gasteiger partial charge in [-0.05, 0) is 24.3 Å². The van der Waals surface area contributed by atoms with Gasteiger partial charge in [0, 0.05) is 11.3 Å². The molecular formula is C14H11FN4. The van der Waals surface area contributed by atoms with E-state index in [1.165, 1.54) is 6.07 Å². The second kappa shape index (κ2) is 4.53. The Labute approximate surface area is 109 Å². The number of halogens is 1. The number of hydrogen-bond donors (Lipinski definition) is 1. The highest BCUT2D eigenvalue weighted by molar-refractivity contribution is 5.73. The Balaban J connectivity index is 2.18. The molecule has 0 saturated heterocycles. The summed E-state index contributed by atoms with van der Waals surface area (Å²) in [7, 11) is 0. The normalized spacial score (nSPS) is 10.6. The minimum absolute atomic E-state index is 0.0766. The number of nitrogen functional groups attached to an aromatic ring is 1. The van der Waals surface area contributed by atoms with Gasteiger partial charge >= 0.3 is 0 Å². The van der Waals surface area contributed by atoms with Gasteiger partial charge in [-0.1, -0.05) is 24.3 Å². The van der Waals surface area contributed by atoms with Crippen molar-refractivity contribution in [1.29, 1.82) is 0 Å². The van der Waals surface area contributed by atoms with Crippen molar-refractivity contribution >= 4 is 5.69 Å². The van der Waals surface area contributed by atoms with Gasteiger partial charge in [0.25, 0.3) is 0 Å². The van der Waals surface area contributed by atoms with E-state index in [2.05, 4.69) is 10.2 Å². The third kappa shape index (κ3) is 1.95. The van der Waals surface area contributed by atoms with Crippen LogP contribution in [0.15, 0.2) is 54.9 Å². The van der Waals surface area contributed by atoms with Crippen LogP contribution in [-0.2, 0) is 0 Å². The van der Waals surface area contributed by atoms with Gasteiger partial charge in [-0.25, -0.2) is 4.39 Å². The predicted octanol–water partition coefficient (Wildman–Crippen LogP) is 2.66. The maximum Gasteiger partial charge on any atom is 0.170 e. The number of nitrogens with two attached hydrogens (primary N) is 1. The second-order valence-electron chi connectivity index (χ2n) is 4.06. The summed E-state index contributed by atoms with van der Waals surface area (Å²) >= 11 is 0. The van der Waals surface area contributed by atoms with Gasteiger partial charge < -0.3 is 5.73 Å². The first-order chi connectivity index (χ1) is 9.27. The molecule has 0 bridgehead atoms. The van der Waals surface area contributed by atoms with Crippen LogP contribution < -0.4 is 5.73 Å². The maximum atomic E-state index is 13.5. The lowest BCUT2D eigenvalue weighted by Crippen LogP contribution is -2.00. The third-order valence-corrected chi connectivity index (χ3v) is 2.88. The molecule has 0 atom stereocenters. The summed E-state index contributed by atoms with van der Waals surface area (Å²) in [6, 6.07) is 14.2. The summed E-state index contributed by atoms with van der Waals surface area (Å²) < 4.78 is 15.3. The monoisotopic (exact) mass is 254 g/mol. The molecule has 2 aromatic carbocycles. The lowest BCUT2D eigenvalue weighted by atomic mass is 10.1. The summed E-state index contributed by atoms with van der Waals surface area (Å²) in [4.78, 5) is 0. The molecule has 2 N–H and O–H groups in total. The van der Waals surface area contributed by atoms with E-state index >= 15 is 0 Å². The van der Waals surface area contributed by atoms with E-state index in [9.17, 15) is 4.39 Å². The molecule has 0 unspecified atom stereocenters. The lowest BCUT2D eigenvalue weighted by Gasteiger charge is -2.08. The van der Waals surface area contributed by atoms with Gasteiger partial charge in [0.15, 0.2) is 5.82 Å². The Morgan fingerprint density at radius 3 is 2.58 bits per heavy atom. The number of aromatic nitrogens is 3. The van der Waals surface area contributed by atoms with Crippen molar-refractivity contribution in [2.45, 2.75) is 0 Å². The van der Waals surface area contributed by atoms with Gasteiger partial charge in [0.2, 0.25) is 0 Å². The molecule has 0 fully saturated rings. The maximum absolute atomic E-state index is 13.5. The van der Waals surface area contributed by atoms with E-state index in [-0.39, 0.29) is 5.69 Å². The summed E-state index contributed by atoms with van der Waals surface area (Å²) in [5.74, 6) is 0.0586. The van der Waals surface area contributed by atoms with E-state index in [0.717, 1.165) is 5.69 Å². The van der Waals surface area contributed by atoms with Crippen LogP contribution in [0.3, 0.4) is 0 Å². The van der Waals surface area contributed by atoms with Gasteiger partial charge in [-0.3, -0.25) is 4.57 Å². The van der Waals surface area contributed by atoms with Crippen LogP contribution in [0, 0.1) is 5.82 Å². The predicted molar refractivity (Wildman–Crippen MR) is 71.2 cm³/mol. The van der Waals surface area contributed by atoms with Crippen LogP contribution in [0.1, 0.15) is 0 Å². The molecule has 0 saturated carbocycles. The molecule has 0 aliphatic heterocycles. The lowest BCUT2D eigenvalue weighted by molar-refractivity contribution is 0.633. The minimum Gasteiger partial charge on any atom is -0.396 e. The fourth-order valence-corrected chi connectivity index (χ4v) is 1.93. The second-order valence-corrected chi connectivity index (χ2v) is 4.06. The zero-order chi connectivity index (χ0) is 13.2. The highest BCUT2D eigenvalue weighted by Crippen LogP contribution is 2.27. The van der Waals surface area contributed by atoms with Crippen molar-refractivity contribution in [2.24, 2.45) is 0 Å². The molecule has 0 spiro atoms. The van der Waals surface area contributed by atoms with Crippen LogP contribution in [0.25, 0.3) is 17.1 Å². The molecule has 1 heterocycles. The van der Waals surface area contributed by atoms with Gasteiger partial charge in [0.05, 0.1) is 5.69 Å². The first-order valence-electron chi connectivity index (χ1n) is 5.77. The molecule has 1 aromatic heterocycles. The first-order valence-corrected chi connectivity index (χ1v) is 5.77. The molecule has 0 radical (unpaired) electrons. The fraction of sp³-hybridized carbons (Fsp3) is 0. The number of benzene rings is 2. The van der Waals surface area contributed by atoms with Crippen molar-refractivity contribution in [3.63, 3.8) is 0 Å². The van der Waals surface area contributed by atoms with E-state index in [0.29, 0.717) is 11.4 Å². The number of hydrogen-bond acceptors (Lipinski definition) is 3. The van der Waals surface area contributed by atoms with E-state index in [4.69, 9.17) is 5.73 Å². The summed E-state index contributed by atoms with van der Waals surface area (Å²) in [6.45, 7) is 0. The van der Waals surface area contributed by atoms with Gasteiger partial charge in [-0.15, -0.1) is 10.2 Å². The largest absolute Gasteiger partial charge is 0.396 e. The molecule has 3 rings (SSSR count). The molecule has 0 aliphatic carbocycles. The third-order valence-electron chi connectivity index (χ3n) is 2.88. The number of rotatable bonds is 2. The Morgan fingerprint density at radius 2 is 1.79 bits per heavy atom. The Bertz CT molecular complexity index is 706. The van der Waals surface area contributed by atoms with Gasteiger partial charge in [0.1, 0.15) is 12.1 Å². The SMILES string of the molecule is Nc1c(F)cccc1-c1nncn1-c1ccccc1. The number of nitrogens with zero attached hydrogens (tertiary/aromatic N) is 3. The highest BCUT2D eigenvalue weighted by atomic mass is 19.1. The van der Waals surface area contributed by atoms with Crippen LogP contribution in [-0.4, -0.2) is 14.8 Å². The van der Waals surface area contributed by atoms with Gasteiger partial charge in [-0.2, -0.15) is 0 Å². The van der Waals surface area contributed by atoms with Crippen molar-refractivity contribution in [3.8, 4) is 17.1 Å². The standard InChI is InChI=1S/C14H11FN4/c15-12-8-4-7-11(13(12)16)14-18-17-9-19(14)10-5-2-1-3-6-10/h1-9H,16H2. The fourth-order valence-electron chi connectivity index (χ4n) is 1.93. The average molecular weight is 254 g/mol. The smallest absolute Gasteiger partial charge is 0.170 e. The zero-order valence-electron chi connectivity index (χ0n) is 9.99. The zero-order valence-corrected chi connectivity index (χ0v) is 9.99. The van der Waals surface area contributed by atoms with Crippen LogP contribution in [0.2, 0.25) is 0 Å². The number of para-hydroxylation sites is 2. The molecule has 94 valence electrons. The van der Waals surface area contributed by atoms with Crippen molar-refractivity contribution < 1.29 is 4.39 Å². The summed E-state index contributed by atoms with van der Waals surface area (Å²) in [6.07, 6.45) is 1.58. The Hall–Kier alpha value is -2.69. The molecule has 19 heavy (non-hydrogen) atoms. The summed E-state index contributed by atoms with van der Waals surface area (Å²) in [5.41, 5.74) is 7.26. The minimum atomic E-state index is -0.458. The Kier molecular flexibility index (Phi) is 2.72. The number of anilines is 1. The highest BCUT2D eigenvalue weighted by Gasteiger charge is 2.13. The van der Waals surface area contributed by atoms with E-state index in [1.54, 1.807) is 23.0 Å². The van der Waals surface area contributed by atoms with Crippen LogP contribution in [0.5, 0.6) is 0 Å². The molecular weight excluding hydrogens is 243 g/mol.